The number of aliphatic carboxylic acids is 1. The molecule has 6 nitrogen and oxygen atoms in total. The number of rotatable bonds is 3. The fourth-order valence-corrected chi connectivity index (χ4v) is 1.26. The van der Waals surface area contributed by atoms with Gasteiger partial charge in [0.05, 0.1) is 5.69 Å². The molecule has 1 rings (SSSR count). The maximum absolute atomic E-state index is 11.6. The Bertz CT molecular complexity index is 504. The molecule has 102 valence electrons. The first-order valence-electron chi connectivity index (χ1n) is 5.73. The van der Waals surface area contributed by atoms with E-state index in [2.05, 4.69) is 15.6 Å². The summed E-state index contributed by atoms with van der Waals surface area (Å²) in [6.45, 7) is 5.60. The van der Waals surface area contributed by atoms with Gasteiger partial charge >= 0.3 is 12.0 Å². The third-order valence-electron chi connectivity index (χ3n) is 1.90. The fraction of sp³-hybridized carbons (Fsp3) is 0.308. The van der Waals surface area contributed by atoms with Gasteiger partial charge in [-0.3, -0.25) is 5.32 Å². The molecular weight excluding hydrogens is 246 g/mol. The number of carbonyl (C=O) groups is 2. The lowest BCUT2D eigenvalue weighted by atomic mass is 10.1. The van der Waals surface area contributed by atoms with E-state index in [0.717, 1.165) is 6.08 Å². The minimum Gasteiger partial charge on any atom is -0.478 e. The third-order valence-corrected chi connectivity index (χ3v) is 1.90. The zero-order valence-electron chi connectivity index (χ0n) is 11.1. The molecule has 0 aliphatic heterocycles. The molecule has 0 radical (unpaired) electrons. The van der Waals surface area contributed by atoms with Crippen molar-refractivity contribution in [1.29, 1.82) is 0 Å². The van der Waals surface area contributed by atoms with E-state index < -0.39 is 5.97 Å². The highest BCUT2D eigenvalue weighted by Gasteiger charge is 2.13. The molecule has 6 heteroatoms. The van der Waals surface area contributed by atoms with Gasteiger partial charge in [-0.05, 0) is 39.0 Å². The van der Waals surface area contributed by atoms with Gasteiger partial charge in [-0.1, -0.05) is 6.07 Å². The quantitative estimate of drug-likeness (QED) is 0.728. The fourth-order valence-electron chi connectivity index (χ4n) is 1.26. The first-order valence-corrected chi connectivity index (χ1v) is 5.73. The number of carbonyl (C=O) groups excluding carboxylic acids is 1. The summed E-state index contributed by atoms with van der Waals surface area (Å²) >= 11 is 0. The van der Waals surface area contributed by atoms with Crippen molar-refractivity contribution in [2.24, 2.45) is 0 Å². The molecular formula is C13H17N3O3. The van der Waals surface area contributed by atoms with Gasteiger partial charge in [-0.2, -0.15) is 0 Å². The van der Waals surface area contributed by atoms with Crippen molar-refractivity contribution in [1.82, 2.24) is 10.3 Å². The summed E-state index contributed by atoms with van der Waals surface area (Å²) in [7, 11) is 0. The van der Waals surface area contributed by atoms with E-state index in [1.165, 1.54) is 6.08 Å². The zero-order chi connectivity index (χ0) is 14.5. The highest BCUT2D eigenvalue weighted by Crippen LogP contribution is 2.07. The van der Waals surface area contributed by atoms with Gasteiger partial charge in [0, 0.05) is 11.6 Å². The summed E-state index contributed by atoms with van der Waals surface area (Å²) in [4.78, 5) is 26.1. The summed E-state index contributed by atoms with van der Waals surface area (Å²) in [5.41, 5.74) is 0.112. The van der Waals surface area contributed by atoms with Crippen LogP contribution in [-0.2, 0) is 4.79 Å². The molecule has 0 fully saturated rings. The molecule has 0 aliphatic rings. The van der Waals surface area contributed by atoms with Crippen molar-refractivity contribution < 1.29 is 14.7 Å². The molecule has 1 heterocycles. The van der Waals surface area contributed by atoms with Crippen LogP contribution in [0.2, 0.25) is 0 Å². The predicted molar refractivity (Wildman–Crippen MR) is 72.8 cm³/mol. The summed E-state index contributed by atoms with van der Waals surface area (Å²) in [5.74, 6) is -0.695. The van der Waals surface area contributed by atoms with Gasteiger partial charge in [0.1, 0.15) is 5.82 Å². The van der Waals surface area contributed by atoms with Crippen LogP contribution >= 0.6 is 0 Å². The Kier molecular flexibility index (Phi) is 4.63. The minimum absolute atomic E-state index is 0.342. The molecule has 0 aliphatic carbocycles. The number of nitrogens with zero attached hydrogens (tertiary/aromatic N) is 1. The number of aromatic nitrogens is 1. The van der Waals surface area contributed by atoms with Crippen LogP contribution in [0.25, 0.3) is 6.08 Å². The lowest BCUT2D eigenvalue weighted by molar-refractivity contribution is -0.131. The third kappa shape index (κ3) is 6.21. The van der Waals surface area contributed by atoms with Crippen molar-refractivity contribution in [2.75, 3.05) is 5.32 Å². The Morgan fingerprint density at radius 1 is 1.32 bits per heavy atom. The Hall–Kier alpha value is -2.37. The number of urea groups is 1. The van der Waals surface area contributed by atoms with Gasteiger partial charge in [0.15, 0.2) is 0 Å². The van der Waals surface area contributed by atoms with Crippen LogP contribution in [0.3, 0.4) is 0 Å². The van der Waals surface area contributed by atoms with Crippen molar-refractivity contribution >= 4 is 23.9 Å². The topological polar surface area (TPSA) is 91.3 Å². The molecule has 19 heavy (non-hydrogen) atoms. The van der Waals surface area contributed by atoms with Crippen molar-refractivity contribution in [3.63, 3.8) is 0 Å². The Morgan fingerprint density at radius 2 is 2.00 bits per heavy atom. The van der Waals surface area contributed by atoms with Crippen LogP contribution in [0.15, 0.2) is 24.3 Å². The SMILES string of the molecule is CC(C)(C)NC(=O)Nc1cccc(C=CC(=O)O)n1. The molecule has 0 bridgehead atoms. The molecule has 0 unspecified atom stereocenters. The number of nitrogens with one attached hydrogen (secondary N) is 2. The second-order valence-electron chi connectivity index (χ2n) is 4.95. The molecule has 0 saturated carbocycles. The largest absolute Gasteiger partial charge is 0.478 e. The van der Waals surface area contributed by atoms with Gasteiger partial charge in [-0.25, -0.2) is 14.6 Å². The van der Waals surface area contributed by atoms with E-state index in [0.29, 0.717) is 11.5 Å². The standard InChI is InChI=1S/C13H17N3O3/c1-13(2,3)16-12(19)15-10-6-4-5-9(14-10)7-8-11(17)18/h4-8H,1-3H3,(H,17,18)(H2,14,15,16,19). The van der Waals surface area contributed by atoms with Crippen molar-refractivity contribution in [3.05, 3.63) is 30.0 Å². The Balaban J connectivity index is 2.72. The van der Waals surface area contributed by atoms with Crippen molar-refractivity contribution in [2.45, 2.75) is 26.3 Å². The molecule has 0 saturated heterocycles. The van der Waals surface area contributed by atoms with Crippen LogP contribution in [0.4, 0.5) is 10.6 Å². The molecule has 1 aromatic rings. The molecule has 0 atom stereocenters. The molecule has 2 amide bonds. The summed E-state index contributed by atoms with van der Waals surface area (Å²) in [6.07, 6.45) is 2.34. The smallest absolute Gasteiger partial charge is 0.328 e. The lowest BCUT2D eigenvalue weighted by Gasteiger charge is -2.20. The second-order valence-corrected chi connectivity index (χ2v) is 4.95. The highest BCUT2D eigenvalue weighted by molar-refractivity contribution is 5.89. The van der Waals surface area contributed by atoms with Crippen LogP contribution in [0.1, 0.15) is 26.5 Å². The van der Waals surface area contributed by atoms with Gasteiger partial charge < -0.3 is 10.4 Å². The number of amides is 2. The number of carboxylic acid groups (broad SMARTS) is 1. The van der Waals surface area contributed by atoms with Crippen LogP contribution < -0.4 is 10.6 Å². The maximum Gasteiger partial charge on any atom is 0.328 e. The van der Waals surface area contributed by atoms with Crippen LogP contribution in [-0.4, -0.2) is 27.6 Å². The normalized spacial score (nSPS) is 11.3. The highest BCUT2D eigenvalue weighted by atomic mass is 16.4. The monoisotopic (exact) mass is 263 g/mol. The summed E-state index contributed by atoms with van der Waals surface area (Å²) < 4.78 is 0. The molecule has 0 spiro atoms. The Morgan fingerprint density at radius 3 is 2.58 bits per heavy atom. The second kappa shape index (κ2) is 5.99. The average molecular weight is 263 g/mol. The average Bonchev–Trinajstić information content (AvgIpc) is 2.24. The van der Waals surface area contributed by atoms with Crippen molar-refractivity contribution in [3.8, 4) is 0 Å². The van der Waals surface area contributed by atoms with E-state index in [9.17, 15) is 9.59 Å². The van der Waals surface area contributed by atoms with E-state index in [1.807, 2.05) is 20.8 Å². The van der Waals surface area contributed by atoms with E-state index in [1.54, 1.807) is 18.2 Å². The van der Waals surface area contributed by atoms with E-state index >= 15 is 0 Å². The van der Waals surface area contributed by atoms with Crippen LogP contribution in [0.5, 0.6) is 0 Å². The summed E-state index contributed by atoms with van der Waals surface area (Å²) in [6, 6.07) is 4.59. The van der Waals surface area contributed by atoms with Gasteiger partial charge in [0.25, 0.3) is 0 Å². The van der Waals surface area contributed by atoms with E-state index in [4.69, 9.17) is 5.11 Å². The van der Waals surface area contributed by atoms with Gasteiger partial charge in [0.2, 0.25) is 0 Å². The number of pyridine rings is 1. The number of hydrogen-bond acceptors (Lipinski definition) is 3. The maximum atomic E-state index is 11.6. The first kappa shape index (κ1) is 14.7. The Labute approximate surface area is 111 Å². The number of hydrogen-bond donors (Lipinski definition) is 3. The molecule has 3 N–H and O–H groups in total. The number of anilines is 1. The molecule has 0 aromatic carbocycles. The van der Waals surface area contributed by atoms with Gasteiger partial charge in [-0.15, -0.1) is 0 Å². The molecule has 1 aromatic heterocycles. The lowest BCUT2D eigenvalue weighted by Crippen LogP contribution is -2.43. The van der Waals surface area contributed by atoms with E-state index in [-0.39, 0.29) is 11.6 Å². The predicted octanol–water partition coefficient (Wildman–Crippen LogP) is 2.10. The minimum atomic E-state index is -1.05. The summed E-state index contributed by atoms with van der Waals surface area (Å²) in [5, 5.41) is 13.8. The first-order chi connectivity index (χ1) is 8.76. The number of carboxylic acids is 1. The van der Waals surface area contributed by atoms with Crippen LogP contribution in [0, 0.1) is 0 Å². The zero-order valence-corrected chi connectivity index (χ0v) is 11.1.